The second-order valence-electron chi connectivity index (χ2n) is 7.76. The number of aryl methyl sites for hydroxylation is 1. The average molecular weight is 346 g/mol. The molecule has 0 radical (unpaired) electrons. The van der Waals surface area contributed by atoms with Gasteiger partial charge in [0.15, 0.2) is 5.72 Å². The summed E-state index contributed by atoms with van der Waals surface area (Å²) < 4.78 is 0. The number of benzene rings is 2. The molecule has 3 aliphatic heterocycles. The number of fused-ring (bicyclic) bond motifs is 3. The van der Waals surface area contributed by atoms with Crippen LogP contribution in [0.5, 0.6) is 0 Å². The fourth-order valence-electron chi connectivity index (χ4n) is 5.06. The first-order valence-electron chi connectivity index (χ1n) is 9.31. The zero-order chi connectivity index (χ0) is 17.9. The van der Waals surface area contributed by atoms with Gasteiger partial charge in [-0.3, -0.25) is 9.79 Å². The maximum atomic E-state index is 13.5. The minimum Gasteiger partial charge on any atom is -0.366 e. The predicted molar refractivity (Wildman–Crippen MR) is 100 cm³/mol. The third kappa shape index (κ3) is 1.83. The van der Waals surface area contributed by atoms with Crippen LogP contribution in [0.25, 0.3) is 0 Å². The maximum Gasteiger partial charge on any atom is 0.239 e. The van der Waals surface area contributed by atoms with Crippen molar-refractivity contribution in [2.75, 3.05) is 6.54 Å². The molecule has 2 fully saturated rings. The number of carbonyl (C=O) groups excluding carboxylic acids is 1. The van der Waals surface area contributed by atoms with E-state index in [0.717, 1.165) is 36.2 Å². The van der Waals surface area contributed by atoms with Crippen molar-refractivity contribution in [1.29, 1.82) is 0 Å². The molecule has 0 spiro atoms. The Kier molecular flexibility index (Phi) is 3.20. The highest BCUT2D eigenvalue weighted by atomic mass is 16.3. The van der Waals surface area contributed by atoms with E-state index in [2.05, 4.69) is 12.1 Å². The van der Waals surface area contributed by atoms with Gasteiger partial charge in [-0.2, -0.15) is 0 Å². The first-order valence-corrected chi connectivity index (χ1v) is 9.31. The Morgan fingerprint density at radius 3 is 2.58 bits per heavy atom. The molecule has 3 heterocycles. The van der Waals surface area contributed by atoms with Gasteiger partial charge in [-0.05, 0) is 30.9 Å². The summed E-state index contributed by atoms with van der Waals surface area (Å²) in [5.41, 5.74) is 1.49. The zero-order valence-electron chi connectivity index (χ0n) is 14.9. The lowest BCUT2D eigenvalue weighted by atomic mass is 9.69. The lowest BCUT2D eigenvalue weighted by Crippen LogP contribution is -2.51. The Morgan fingerprint density at radius 2 is 1.85 bits per heavy atom. The van der Waals surface area contributed by atoms with E-state index >= 15 is 0 Å². The number of carbonyl (C=O) groups is 1. The Morgan fingerprint density at radius 1 is 1.12 bits per heavy atom. The van der Waals surface area contributed by atoms with Gasteiger partial charge in [0.1, 0.15) is 5.41 Å². The second-order valence-corrected chi connectivity index (χ2v) is 7.76. The summed E-state index contributed by atoms with van der Waals surface area (Å²) in [5, 5.41) is 11.8. The van der Waals surface area contributed by atoms with Crippen LogP contribution >= 0.6 is 0 Å². The minimum atomic E-state index is -1.39. The number of nitrogens with zero attached hydrogens (tertiary/aromatic N) is 2. The Bertz CT molecular complexity index is 905. The smallest absolute Gasteiger partial charge is 0.239 e. The number of rotatable bonds is 2. The summed E-state index contributed by atoms with van der Waals surface area (Å²) in [6.07, 6.45) is 2.18. The molecule has 1 N–H and O–H groups in total. The van der Waals surface area contributed by atoms with E-state index in [1.165, 1.54) is 5.56 Å². The maximum absolute atomic E-state index is 13.5. The van der Waals surface area contributed by atoms with Gasteiger partial charge in [-0.15, -0.1) is 0 Å². The van der Waals surface area contributed by atoms with Crippen molar-refractivity contribution in [3.05, 3.63) is 71.3 Å². The molecule has 26 heavy (non-hydrogen) atoms. The van der Waals surface area contributed by atoms with E-state index in [-0.39, 0.29) is 11.9 Å². The molecule has 0 bridgehead atoms. The molecule has 0 saturated carbocycles. The van der Waals surface area contributed by atoms with Crippen molar-refractivity contribution in [2.24, 2.45) is 4.99 Å². The van der Waals surface area contributed by atoms with Gasteiger partial charge in [0.2, 0.25) is 5.91 Å². The SMILES string of the molecule is Cc1ccc(C2=N[C@]3(O)[C@H]4CCCN4C(=O)[C@]3(c3ccccc3)C2)cc1. The largest absolute Gasteiger partial charge is 0.366 e. The standard InChI is InChI=1S/C22H22N2O2/c1-15-9-11-16(12-10-15)18-14-21(17-6-3-2-4-7-17)20(25)24-13-5-8-19(24)22(21,26)23-18/h2-4,6-7,9-12,19,26H,5,8,13-14H2,1H3/t19-,21-,22+/m1/s1. The van der Waals surface area contributed by atoms with Crippen LogP contribution in [0.2, 0.25) is 0 Å². The van der Waals surface area contributed by atoms with E-state index in [1.807, 2.05) is 54.3 Å². The molecule has 132 valence electrons. The van der Waals surface area contributed by atoms with Crippen LogP contribution in [0, 0.1) is 6.92 Å². The summed E-state index contributed by atoms with van der Waals surface area (Å²) in [4.78, 5) is 20.2. The Hall–Kier alpha value is -2.46. The van der Waals surface area contributed by atoms with Crippen LogP contribution in [-0.2, 0) is 10.2 Å². The monoisotopic (exact) mass is 346 g/mol. The number of aliphatic imine (C=N–C) groups is 1. The van der Waals surface area contributed by atoms with Crippen LogP contribution < -0.4 is 0 Å². The number of amides is 1. The summed E-state index contributed by atoms with van der Waals surface area (Å²) in [5.74, 6) is 0.0274. The summed E-state index contributed by atoms with van der Waals surface area (Å²) >= 11 is 0. The van der Waals surface area contributed by atoms with Gasteiger partial charge in [-0.1, -0.05) is 60.2 Å². The van der Waals surface area contributed by atoms with E-state index in [4.69, 9.17) is 4.99 Å². The van der Waals surface area contributed by atoms with Crippen molar-refractivity contribution in [2.45, 2.75) is 43.4 Å². The third-order valence-electron chi connectivity index (χ3n) is 6.36. The molecule has 0 aromatic heterocycles. The van der Waals surface area contributed by atoms with Crippen molar-refractivity contribution in [3.8, 4) is 0 Å². The number of hydrogen-bond donors (Lipinski definition) is 1. The van der Waals surface area contributed by atoms with Crippen LogP contribution in [-0.4, -0.2) is 39.9 Å². The lowest BCUT2D eigenvalue weighted by molar-refractivity contribution is -0.133. The molecule has 4 heteroatoms. The predicted octanol–water partition coefficient (Wildman–Crippen LogP) is 2.82. The van der Waals surface area contributed by atoms with Gasteiger partial charge >= 0.3 is 0 Å². The quantitative estimate of drug-likeness (QED) is 0.909. The fourth-order valence-corrected chi connectivity index (χ4v) is 5.06. The van der Waals surface area contributed by atoms with Crippen molar-refractivity contribution in [3.63, 3.8) is 0 Å². The van der Waals surface area contributed by atoms with E-state index < -0.39 is 11.1 Å². The van der Waals surface area contributed by atoms with Gasteiger partial charge in [0, 0.05) is 18.7 Å². The van der Waals surface area contributed by atoms with Gasteiger partial charge in [-0.25, -0.2) is 0 Å². The van der Waals surface area contributed by atoms with Crippen LogP contribution in [0.4, 0.5) is 0 Å². The molecular weight excluding hydrogens is 324 g/mol. The van der Waals surface area contributed by atoms with Crippen molar-refractivity contribution < 1.29 is 9.90 Å². The first-order chi connectivity index (χ1) is 12.6. The molecule has 2 saturated heterocycles. The van der Waals surface area contributed by atoms with Crippen LogP contribution in [0.1, 0.15) is 36.0 Å². The molecule has 3 aliphatic rings. The topological polar surface area (TPSA) is 52.9 Å². The number of hydrogen-bond acceptors (Lipinski definition) is 3. The molecule has 1 amide bonds. The first kappa shape index (κ1) is 15.8. The molecular formula is C22H22N2O2. The van der Waals surface area contributed by atoms with Gasteiger partial charge in [0.05, 0.1) is 6.04 Å². The second kappa shape index (κ2) is 5.27. The Labute approximate surface area is 153 Å². The van der Waals surface area contributed by atoms with Crippen LogP contribution in [0.15, 0.2) is 59.6 Å². The summed E-state index contributed by atoms with van der Waals surface area (Å²) in [6.45, 7) is 2.77. The third-order valence-corrected chi connectivity index (χ3v) is 6.36. The molecule has 2 aromatic carbocycles. The van der Waals surface area contributed by atoms with Gasteiger partial charge in [0.25, 0.3) is 0 Å². The lowest BCUT2D eigenvalue weighted by Gasteiger charge is -2.34. The van der Waals surface area contributed by atoms with Crippen molar-refractivity contribution >= 4 is 11.6 Å². The molecule has 0 aliphatic carbocycles. The zero-order valence-corrected chi connectivity index (χ0v) is 14.9. The summed E-state index contributed by atoms with van der Waals surface area (Å²) in [6, 6.07) is 17.7. The van der Waals surface area contributed by atoms with Gasteiger partial charge < -0.3 is 10.0 Å². The highest BCUT2D eigenvalue weighted by molar-refractivity contribution is 6.10. The van der Waals surface area contributed by atoms with E-state index in [1.54, 1.807) is 0 Å². The highest BCUT2D eigenvalue weighted by Gasteiger charge is 2.73. The molecule has 4 nitrogen and oxygen atoms in total. The molecule has 2 aromatic rings. The number of aliphatic hydroxyl groups is 1. The van der Waals surface area contributed by atoms with E-state index in [0.29, 0.717) is 6.42 Å². The minimum absolute atomic E-state index is 0.0274. The fraction of sp³-hybridized carbons (Fsp3) is 0.364. The van der Waals surface area contributed by atoms with Crippen LogP contribution in [0.3, 0.4) is 0 Å². The molecule has 3 atom stereocenters. The Balaban J connectivity index is 1.70. The summed E-state index contributed by atoms with van der Waals surface area (Å²) in [7, 11) is 0. The van der Waals surface area contributed by atoms with E-state index in [9.17, 15) is 9.90 Å². The molecule has 5 rings (SSSR count). The average Bonchev–Trinajstić information content (AvgIpc) is 3.30. The highest BCUT2D eigenvalue weighted by Crippen LogP contribution is 2.56. The molecule has 0 unspecified atom stereocenters. The normalized spacial score (nSPS) is 32.5. The van der Waals surface area contributed by atoms with Crippen molar-refractivity contribution in [1.82, 2.24) is 4.90 Å².